The molecule has 1 saturated heterocycles. The molecule has 108 valence electrons. The highest BCUT2D eigenvalue weighted by atomic mass is 35.5. The molecular weight excluding hydrogens is 274 g/mol. The predicted molar refractivity (Wildman–Crippen MR) is 81.8 cm³/mol. The SMILES string of the molecule is CCN1CCC(Cn2c(N)nc3cc(Cl)cnc32)CC1. The molecule has 1 aliphatic rings. The standard InChI is InChI=1S/C14H20ClN5/c1-2-19-5-3-10(4-6-19)9-20-13-12(18-14(20)16)7-11(15)8-17-13/h7-8,10H,2-6,9H2,1H3,(H2,16,18). The number of nitrogen functional groups attached to an aromatic ring is 1. The summed E-state index contributed by atoms with van der Waals surface area (Å²) in [5.41, 5.74) is 7.65. The van der Waals surface area contributed by atoms with Crippen LogP contribution in [0.2, 0.25) is 5.02 Å². The molecule has 0 aliphatic carbocycles. The van der Waals surface area contributed by atoms with Crippen molar-refractivity contribution in [1.29, 1.82) is 0 Å². The van der Waals surface area contributed by atoms with Crippen LogP contribution in [0.3, 0.4) is 0 Å². The van der Waals surface area contributed by atoms with Gasteiger partial charge in [-0.05, 0) is 44.5 Å². The monoisotopic (exact) mass is 293 g/mol. The third-order valence-electron chi connectivity index (χ3n) is 4.18. The fourth-order valence-electron chi connectivity index (χ4n) is 2.93. The van der Waals surface area contributed by atoms with E-state index in [9.17, 15) is 0 Å². The summed E-state index contributed by atoms with van der Waals surface area (Å²) < 4.78 is 2.03. The zero-order valence-electron chi connectivity index (χ0n) is 11.7. The number of fused-ring (bicyclic) bond motifs is 1. The fourth-order valence-corrected chi connectivity index (χ4v) is 3.08. The average Bonchev–Trinajstić information content (AvgIpc) is 2.75. The third kappa shape index (κ3) is 2.60. The van der Waals surface area contributed by atoms with Gasteiger partial charge < -0.3 is 10.6 Å². The molecule has 2 aromatic heterocycles. The maximum Gasteiger partial charge on any atom is 0.202 e. The number of halogens is 1. The molecule has 5 nitrogen and oxygen atoms in total. The molecule has 3 heterocycles. The Labute approximate surface area is 123 Å². The van der Waals surface area contributed by atoms with E-state index < -0.39 is 0 Å². The molecule has 0 atom stereocenters. The third-order valence-corrected chi connectivity index (χ3v) is 4.38. The minimum atomic E-state index is 0.535. The van der Waals surface area contributed by atoms with E-state index in [0.29, 0.717) is 16.9 Å². The fraction of sp³-hybridized carbons (Fsp3) is 0.571. The number of piperidine rings is 1. The molecule has 3 rings (SSSR count). The molecule has 0 aromatic carbocycles. The van der Waals surface area contributed by atoms with Crippen LogP contribution in [-0.2, 0) is 6.54 Å². The van der Waals surface area contributed by atoms with E-state index in [1.165, 1.54) is 25.9 Å². The summed E-state index contributed by atoms with van der Waals surface area (Å²) in [4.78, 5) is 11.2. The number of nitrogens with two attached hydrogens (primary N) is 1. The predicted octanol–water partition coefficient (Wildman–Crippen LogP) is 2.40. The second-order valence-corrected chi connectivity index (χ2v) is 5.89. The lowest BCUT2D eigenvalue weighted by Gasteiger charge is -2.31. The van der Waals surface area contributed by atoms with Gasteiger partial charge in [-0.2, -0.15) is 0 Å². The first-order chi connectivity index (χ1) is 9.67. The van der Waals surface area contributed by atoms with Gasteiger partial charge in [0.2, 0.25) is 5.95 Å². The van der Waals surface area contributed by atoms with Gasteiger partial charge in [0, 0.05) is 12.7 Å². The second-order valence-electron chi connectivity index (χ2n) is 5.45. The van der Waals surface area contributed by atoms with Crippen LogP contribution < -0.4 is 5.73 Å². The lowest BCUT2D eigenvalue weighted by Crippen LogP contribution is -2.34. The minimum absolute atomic E-state index is 0.535. The van der Waals surface area contributed by atoms with E-state index in [0.717, 1.165) is 24.3 Å². The Morgan fingerprint density at radius 2 is 2.15 bits per heavy atom. The van der Waals surface area contributed by atoms with Gasteiger partial charge in [-0.1, -0.05) is 18.5 Å². The molecule has 0 radical (unpaired) electrons. The van der Waals surface area contributed by atoms with Crippen molar-refractivity contribution in [2.75, 3.05) is 25.4 Å². The summed E-state index contributed by atoms with van der Waals surface area (Å²) in [6.45, 7) is 6.60. The summed E-state index contributed by atoms with van der Waals surface area (Å²) in [6, 6.07) is 1.82. The van der Waals surface area contributed by atoms with E-state index >= 15 is 0 Å². The van der Waals surface area contributed by atoms with Crippen molar-refractivity contribution >= 4 is 28.7 Å². The molecule has 2 aromatic rings. The Morgan fingerprint density at radius 1 is 1.40 bits per heavy atom. The first-order valence-corrected chi connectivity index (χ1v) is 7.54. The number of anilines is 1. The van der Waals surface area contributed by atoms with Crippen LogP contribution in [0.5, 0.6) is 0 Å². The summed E-state index contributed by atoms with van der Waals surface area (Å²) in [7, 11) is 0. The van der Waals surface area contributed by atoms with Crippen molar-refractivity contribution in [3.63, 3.8) is 0 Å². The summed E-state index contributed by atoms with van der Waals surface area (Å²) in [6.07, 6.45) is 4.07. The molecule has 0 saturated carbocycles. The molecule has 1 fully saturated rings. The molecule has 0 spiro atoms. The second kappa shape index (κ2) is 5.58. The normalized spacial score (nSPS) is 17.9. The molecule has 1 aliphatic heterocycles. The number of nitrogens with zero attached hydrogens (tertiary/aromatic N) is 4. The Morgan fingerprint density at radius 3 is 2.85 bits per heavy atom. The van der Waals surface area contributed by atoms with E-state index in [2.05, 4.69) is 21.8 Å². The zero-order chi connectivity index (χ0) is 14.1. The lowest BCUT2D eigenvalue weighted by molar-refractivity contribution is 0.182. The molecular formula is C14H20ClN5. The van der Waals surface area contributed by atoms with Crippen LogP contribution in [0.4, 0.5) is 5.95 Å². The van der Waals surface area contributed by atoms with Crippen LogP contribution in [-0.4, -0.2) is 39.1 Å². The quantitative estimate of drug-likeness (QED) is 0.944. The van der Waals surface area contributed by atoms with Gasteiger partial charge >= 0.3 is 0 Å². The highest BCUT2D eigenvalue weighted by Gasteiger charge is 2.20. The topological polar surface area (TPSA) is 60.0 Å². The van der Waals surface area contributed by atoms with E-state index in [-0.39, 0.29) is 0 Å². The van der Waals surface area contributed by atoms with Crippen molar-refractivity contribution in [1.82, 2.24) is 19.4 Å². The summed E-state index contributed by atoms with van der Waals surface area (Å²) in [5.74, 6) is 1.18. The van der Waals surface area contributed by atoms with Gasteiger partial charge in [-0.3, -0.25) is 4.57 Å². The first kappa shape index (κ1) is 13.6. The summed E-state index contributed by atoms with van der Waals surface area (Å²) in [5, 5.41) is 0.596. The van der Waals surface area contributed by atoms with Crippen molar-refractivity contribution in [3.8, 4) is 0 Å². The van der Waals surface area contributed by atoms with Crippen LogP contribution in [0, 0.1) is 5.92 Å². The van der Waals surface area contributed by atoms with Gasteiger partial charge in [0.05, 0.1) is 5.02 Å². The van der Waals surface area contributed by atoms with E-state index in [1.807, 2.05) is 10.6 Å². The number of rotatable bonds is 3. The largest absolute Gasteiger partial charge is 0.369 e. The number of hydrogen-bond acceptors (Lipinski definition) is 4. The molecule has 0 unspecified atom stereocenters. The molecule has 0 amide bonds. The van der Waals surface area contributed by atoms with Crippen LogP contribution in [0.1, 0.15) is 19.8 Å². The van der Waals surface area contributed by atoms with E-state index in [4.69, 9.17) is 17.3 Å². The minimum Gasteiger partial charge on any atom is -0.369 e. The highest BCUT2D eigenvalue weighted by Crippen LogP contribution is 2.24. The number of aromatic nitrogens is 3. The number of hydrogen-bond donors (Lipinski definition) is 1. The number of pyridine rings is 1. The van der Waals surface area contributed by atoms with Crippen molar-refractivity contribution in [2.45, 2.75) is 26.3 Å². The van der Waals surface area contributed by atoms with E-state index in [1.54, 1.807) is 6.20 Å². The maximum absolute atomic E-state index is 6.03. The van der Waals surface area contributed by atoms with Crippen molar-refractivity contribution in [2.24, 2.45) is 5.92 Å². The maximum atomic E-state index is 6.03. The van der Waals surface area contributed by atoms with Crippen LogP contribution in [0.25, 0.3) is 11.2 Å². The van der Waals surface area contributed by atoms with Crippen molar-refractivity contribution < 1.29 is 0 Å². The van der Waals surface area contributed by atoms with Gasteiger partial charge in [0.15, 0.2) is 5.65 Å². The molecule has 20 heavy (non-hydrogen) atoms. The highest BCUT2D eigenvalue weighted by molar-refractivity contribution is 6.31. The summed E-state index contributed by atoms with van der Waals surface area (Å²) >= 11 is 5.95. The Balaban J connectivity index is 1.79. The van der Waals surface area contributed by atoms with Gasteiger partial charge in [-0.15, -0.1) is 0 Å². The first-order valence-electron chi connectivity index (χ1n) is 7.17. The van der Waals surface area contributed by atoms with Crippen LogP contribution >= 0.6 is 11.6 Å². The average molecular weight is 294 g/mol. The Kier molecular flexibility index (Phi) is 3.81. The molecule has 6 heteroatoms. The Hall–Kier alpha value is -1.33. The smallest absolute Gasteiger partial charge is 0.202 e. The molecule has 2 N–H and O–H groups in total. The zero-order valence-corrected chi connectivity index (χ0v) is 12.5. The lowest BCUT2D eigenvalue weighted by atomic mass is 9.97. The number of likely N-dealkylation sites (tertiary alicyclic amines) is 1. The molecule has 0 bridgehead atoms. The van der Waals surface area contributed by atoms with Gasteiger partial charge in [0.25, 0.3) is 0 Å². The Bertz CT molecular complexity index is 601. The number of imidazole rings is 1. The van der Waals surface area contributed by atoms with Crippen molar-refractivity contribution in [3.05, 3.63) is 17.3 Å². The van der Waals surface area contributed by atoms with Gasteiger partial charge in [0.1, 0.15) is 5.52 Å². The van der Waals surface area contributed by atoms with Crippen LogP contribution in [0.15, 0.2) is 12.3 Å². The van der Waals surface area contributed by atoms with Gasteiger partial charge in [-0.25, -0.2) is 9.97 Å².